The molecule has 0 fully saturated rings. The van der Waals surface area contributed by atoms with Crippen LogP contribution in [0.15, 0.2) is 35.3 Å². The van der Waals surface area contributed by atoms with Crippen LogP contribution in [0.25, 0.3) is 11.3 Å². The minimum absolute atomic E-state index is 0.217. The second-order valence-corrected chi connectivity index (χ2v) is 3.17. The molecule has 4 N–H and O–H groups in total. The lowest BCUT2D eigenvalue weighted by atomic mass is 10.1. The summed E-state index contributed by atoms with van der Waals surface area (Å²) >= 11 is 0. The largest absolute Gasteiger partial charge is 0.323 e. The minimum atomic E-state index is -0.217. The van der Waals surface area contributed by atoms with Crippen LogP contribution in [0.3, 0.4) is 0 Å². The second kappa shape index (κ2) is 4.12. The smallest absolute Gasteiger partial charge is 0.312 e. The van der Waals surface area contributed by atoms with Gasteiger partial charge >= 0.3 is 5.69 Å². The second-order valence-electron chi connectivity index (χ2n) is 3.17. The van der Waals surface area contributed by atoms with E-state index in [2.05, 4.69) is 14.8 Å². The number of imidazole rings is 1. The molecule has 2 rings (SSSR count). The quantitative estimate of drug-likeness (QED) is 0.647. The van der Waals surface area contributed by atoms with Gasteiger partial charge in [0.15, 0.2) is 0 Å². The third-order valence-electron chi connectivity index (χ3n) is 2.08. The number of nitrogens with two attached hydrogens (primary N) is 1. The van der Waals surface area contributed by atoms with Crippen molar-refractivity contribution < 1.29 is 4.84 Å². The van der Waals surface area contributed by atoms with Crippen molar-refractivity contribution >= 4 is 0 Å². The van der Waals surface area contributed by atoms with Crippen LogP contribution >= 0.6 is 0 Å². The molecule has 0 spiro atoms. The van der Waals surface area contributed by atoms with Gasteiger partial charge in [-0.3, -0.25) is 4.84 Å². The highest BCUT2D eigenvalue weighted by molar-refractivity contribution is 5.58. The van der Waals surface area contributed by atoms with Crippen LogP contribution in [0.5, 0.6) is 0 Å². The molecule has 0 bridgehead atoms. The van der Waals surface area contributed by atoms with Gasteiger partial charge in [-0.15, -0.1) is 0 Å². The lowest BCUT2D eigenvalue weighted by molar-refractivity contribution is 0.124. The van der Waals surface area contributed by atoms with Gasteiger partial charge in [-0.25, -0.2) is 10.7 Å². The van der Waals surface area contributed by atoms with Crippen LogP contribution in [0.1, 0.15) is 5.56 Å². The highest BCUT2D eigenvalue weighted by atomic mass is 16.6. The Morgan fingerprint density at radius 1 is 1.40 bits per heavy atom. The molecule has 1 aromatic carbocycles. The maximum absolute atomic E-state index is 10.9. The summed E-state index contributed by atoms with van der Waals surface area (Å²) in [5.74, 6) is 4.99. The normalized spacial score (nSPS) is 10.5. The number of aromatic amines is 2. The van der Waals surface area contributed by atoms with Crippen molar-refractivity contribution in [2.24, 2.45) is 5.90 Å². The van der Waals surface area contributed by atoms with Crippen molar-refractivity contribution in [1.82, 2.24) is 9.97 Å². The van der Waals surface area contributed by atoms with E-state index in [0.29, 0.717) is 6.61 Å². The number of rotatable bonds is 3. The zero-order chi connectivity index (χ0) is 10.7. The summed E-state index contributed by atoms with van der Waals surface area (Å²) in [6.45, 7) is 0.350. The fourth-order valence-corrected chi connectivity index (χ4v) is 1.41. The standard InChI is InChI=1S/C10H11N3O2/c11-15-6-7-2-1-3-8(4-7)9-5-12-10(14)13-9/h1-5H,6,11H2,(H2,12,13,14). The molecule has 0 amide bonds. The lowest BCUT2D eigenvalue weighted by Gasteiger charge is -2.01. The Bertz CT molecular complexity index is 501. The number of hydrogen-bond donors (Lipinski definition) is 3. The molecular formula is C10H11N3O2. The highest BCUT2D eigenvalue weighted by Crippen LogP contribution is 2.16. The van der Waals surface area contributed by atoms with Crippen LogP contribution in [0, 0.1) is 0 Å². The zero-order valence-corrected chi connectivity index (χ0v) is 7.99. The number of hydrogen-bond acceptors (Lipinski definition) is 3. The van der Waals surface area contributed by atoms with E-state index in [0.717, 1.165) is 16.8 Å². The molecule has 78 valence electrons. The molecule has 0 aliphatic rings. The summed E-state index contributed by atoms with van der Waals surface area (Å²) in [4.78, 5) is 20.7. The van der Waals surface area contributed by atoms with Gasteiger partial charge in [-0.1, -0.05) is 18.2 Å². The van der Waals surface area contributed by atoms with E-state index in [1.54, 1.807) is 6.20 Å². The van der Waals surface area contributed by atoms with Crippen molar-refractivity contribution in [2.75, 3.05) is 0 Å². The molecule has 0 unspecified atom stereocenters. The van der Waals surface area contributed by atoms with Crippen LogP contribution in [-0.2, 0) is 11.4 Å². The number of benzene rings is 1. The van der Waals surface area contributed by atoms with Crippen molar-refractivity contribution in [3.63, 3.8) is 0 Å². The van der Waals surface area contributed by atoms with Gasteiger partial charge in [0.05, 0.1) is 12.3 Å². The Kier molecular flexibility index (Phi) is 2.66. The molecule has 0 saturated carbocycles. The van der Waals surface area contributed by atoms with Gasteiger partial charge < -0.3 is 9.97 Å². The summed E-state index contributed by atoms with van der Waals surface area (Å²) < 4.78 is 0. The van der Waals surface area contributed by atoms with E-state index in [-0.39, 0.29) is 5.69 Å². The van der Waals surface area contributed by atoms with E-state index in [9.17, 15) is 4.79 Å². The number of nitrogens with one attached hydrogen (secondary N) is 2. The number of H-pyrrole nitrogens is 2. The molecule has 1 heterocycles. The fraction of sp³-hybridized carbons (Fsp3) is 0.100. The Balaban J connectivity index is 2.36. The first-order chi connectivity index (χ1) is 7.29. The Morgan fingerprint density at radius 3 is 2.93 bits per heavy atom. The first kappa shape index (κ1) is 9.70. The number of aromatic nitrogens is 2. The van der Waals surface area contributed by atoms with Crippen molar-refractivity contribution in [2.45, 2.75) is 6.61 Å². The van der Waals surface area contributed by atoms with E-state index in [1.807, 2.05) is 24.3 Å². The van der Waals surface area contributed by atoms with Crippen molar-refractivity contribution in [3.8, 4) is 11.3 Å². The maximum Gasteiger partial charge on any atom is 0.323 e. The molecule has 0 aliphatic carbocycles. The molecule has 5 heteroatoms. The minimum Gasteiger partial charge on any atom is -0.312 e. The van der Waals surface area contributed by atoms with Crippen molar-refractivity contribution in [1.29, 1.82) is 0 Å². The van der Waals surface area contributed by atoms with Crippen LogP contribution in [0.4, 0.5) is 0 Å². The van der Waals surface area contributed by atoms with Gasteiger partial charge in [0.25, 0.3) is 0 Å². The van der Waals surface area contributed by atoms with Crippen molar-refractivity contribution in [3.05, 3.63) is 46.5 Å². The third-order valence-corrected chi connectivity index (χ3v) is 2.08. The SMILES string of the molecule is NOCc1cccc(-c2c[nH]c(=O)[nH]2)c1. The van der Waals surface area contributed by atoms with Gasteiger partial charge in [-0.2, -0.15) is 0 Å². The summed E-state index contributed by atoms with van der Waals surface area (Å²) in [5, 5.41) is 0. The monoisotopic (exact) mass is 205 g/mol. The molecule has 15 heavy (non-hydrogen) atoms. The predicted octanol–water partition coefficient (Wildman–Crippen LogP) is 0.760. The van der Waals surface area contributed by atoms with Gasteiger partial charge in [0.2, 0.25) is 0 Å². The molecule has 0 radical (unpaired) electrons. The van der Waals surface area contributed by atoms with E-state index in [4.69, 9.17) is 5.90 Å². The zero-order valence-electron chi connectivity index (χ0n) is 7.99. The van der Waals surface area contributed by atoms with Gasteiger partial charge in [0, 0.05) is 6.20 Å². The Hall–Kier alpha value is -1.85. The topological polar surface area (TPSA) is 83.9 Å². The van der Waals surface area contributed by atoms with Gasteiger partial charge in [-0.05, 0) is 17.2 Å². The van der Waals surface area contributed by atoms with Crippen LogP contribution < -0.4 is 11.6 Å². The first-order valence-corrected chi connectivity index (χ1v) is 4.48. The third kappa shape index (κ3) is 2.15. The average molecular weight is 205 g/mol. The van der Waals surface area contributed by atoms with E-state index >= 15 is 0 Å². The lowest BCUT2D eigenvalue weighted by Crippen LogP contribution is -2.00. The fourth-order valence-electron chi connectivity index (χ4n) is 1.41. The van der Waals surface area contributed by atoms with E-state index < -0.39 is 0 Å². The summed E-state index contributed by atoms with van der Waals surface area (Å²) in [6.07, 6.45) is 1.63. The molecule has 0 aliphatic heterocycles. The van der Waals surface area contributed by atoms with E-state index in [1.165, 1.54) is 0 Å². The Labute approximate surface area is 85.9 Å². The highest BCUT2D eigenvalue weighted by Gasteiger charge is 2.01. The first-order valence-electron chi connectivity index (χ1n) is 4.48. The van der Waals surface area contributed by atoms with Crippen LogP contribution in [0.2, 0.25) is 0 Å². The summed E-state index contributed by atoms with van der Waals surface area (Å²) in [7, 11) is 0. The average Bonchev–Trinajstić information content (AvgIpc) is 2.66. The molecule has 0 atom stereocenters. The Morgan fingerprint density at radius 2 is 2.27 bits per heavy atom. The molecule has 5 nitrogen and oxygen atoms in total. The molecule has 1 aromatic heterocycles. The summed E-state index contributed by atoms with van der Waals surface area (Å²) in [5.41, 5.74) is 2.41. The summed E-state index contributed by atoms with van der Waals surface area (Å²) in [6, 6.07) is 7.60. The van der Waals surface area contributed by atoms with Gasteiger partial charge in [0.1, 0.15) is 0 Å². The molecule has 2 aromatic rings. The van der Waals surface area contributed by atoms with Crippen LogP contribution in [-0.4, -0.2) is 9.97 Å². The predicted molar refractivity (Wildman–Crippen MR) is 55.8 cm³/mol. The molecular weight excluding hydrogens is 194 g/mol. The molecule has 0 saturated heterocycles. The maximum atomic E-state index is 10.9.